The standard InChI is InChI=1S/C24H26F4/c1-3-5-13-6-8-15(9-7-13)18-12-17-11-16-10-14(4-2)21(25)23(27)19(16)20(17)24(28)22(18)26/h10,12-13,15H,3-9,11H2,1-2H3. The first kappa shape index (κ1) is 19.5. The Bertz CT molecular complexity index is 908. The van der Waals surface area contributed by atoms with Crippen molar-refractivity contribution in [3.8, 4) is 11.1 Å². The van der Waals surface area contributed by atoms with E-state index in [-0.39, 0.29) is 22.6 Å². The number of fused-ring (bicyclic) bond motifs is 3. The van der Waals surface area contributed by atoms with E-state index in [1.165, 1.54) is 6.42 Å². The van der Waals surface area contributed by atoms with Crippen molar-refractivity contribution in [2.45, 2.75) is 71.1 Å². The number of rotatable bonds is 4. The van der Waals surface area contributed by atoms with Crippen LogP contribution in [0.5, 0.6) is 0 Å². The van der Waals surface area contributed by atoms with Crippen molar-refractivity contribution < 1.29 is 17.6 Å². The van der Waals surface area contributed by atoms with Gasteiger partial charge in [0, 0.05) is 11.1 Å². The van der Waals surface area contributed by atoms with Crippen molar-refractivity contribution in [1.82, 2.24) is 0 Å². The van der Waals surface area contributed by atoms with Gasteiger partial charge in [-0.25, -0.2) is 17.6 Å². The van der Waals surface area contributed by atoms with E-state index in [9.17, 15) is 13.2 Å². The molecule has 0 bridgehead atoms. The first-order chi connectivity index (χ1) is 13.5. The second-order valence-electron chi connectivity index (χ2n) is 8.36. The topological polar surface area (TPSA) is 0 Å². The lowest BCUT2D eigenvalue weighted by Crippen LogP contribution is -2.15. The van der Waals surface area contributed by atoms with Crippen LogP contribution < -0.4 is 0 Å². The maximum Gasteiger partial charge on any atom is 0.167 e. The fraction of sp³-hybridized carbons (Fsp3) is 0.500. The zero-order valence-corrected chi connectivity index (χ0v) is 16.5. The van der Waals surface area contributed by atoms with Gasteiger partial charge in [-0.1, -0.05) is 38.8 Å². The molecule has 2 aliphatic carbocycles. The van der Waals surface area contributed by atoms with Gasteiger partial charge >= 0.3 is 0 Å². The van der Waals surface area contributed by atoms with Gasteiger partial charge in [-0.15, -0.1) is 0 Å². The highest BCUT2D eigenvalue weighted by Gasteiger charge is 2.33. The molecule has 150 valence electrons. The van der Waals surface area contributed by atoms with Gasteiger partial charge in [0.2, 0.25) is 0 Å². The van der Waals surface area contributed by atoms with Gasteiger partial charge in [-0.2, -0.15) is 0 Å². The molecular weight excluding hydrogens is 364 g/mol. The highest BCUT2D eigenvalue weighted by molar-refractivity contribution is 5.79. The maximum absolute atomic E-state index is 15.0. The Morgan fingerprint density at radius 2 is 1.39 bits per heavy atom. The lowest BCUT2D eigenvalue weighted by Gasteiger charge is -2.29. The monoisotopic (exact) mass is 390 g/mol. The summed E-state index contributed by atoms with van der Waals surface area (Å²) in [6.07, 6.45) is 6.81. The molecule has 0 unspecified atom stereocenters. The molecule has 0 spiro atoms. The Hall–Kier alpha value is -1.84. The molecule has 0 aromatic heterocycles. The SMILES string of the molecule is CCCC1CCC(c2cc3c(c(F)c2F)-c2c(cc(CC)c(F)c2F)C3)CC1. The Balaban J connectivity index is 1.72. The Kier molecular flexibility index (Phi) is 5.24. The summed E-state index contributed by atoms with van der Waals surface area (Å²) < 4.78 is 58.9. The fourth-order valence-electron chi connectivity index (χ4n) is 5.19. The molecule has 4 heteroatoms. The summed E-state index contributed by atoms with van der Waals surface area (Å²) in [5.74, 6) is -3.23. The van der Waals surface area contributed by atoms with Crippen LogP contribution in [0.2, 0.25) is 0 Å². The quantitative estimate of drug-likeness (QED) is 0.406. The van der Waals surface area contributed by atoms with Crippen LogP contribution in [0.3, 0.4) is 0 Å². The lowest BCUT2D eigenvalue weighted by molar-refractivity contribution is 0.303. The second kappa shape index (κ2) is 7.53. The molecular formula is C24H26F4. The summed E-state index contributed by atoms with van der Waals surface area (Å²) in [5, 5.41) is 0. The highest BCUT2D eigenvalue weighted by Crippen LogP contribution is 2.46. The molecule has 0 amide bonds. The van der Waals surface area contributed by atoms with Crippen molar-refractivity contribution in [3.05, 3.63) is 57.7 Å². The third-order valence-electron chi connectivity index (χ3n) is 6.68. The second-order valence-corrected chi connectivity index (χ2v) is 8.36. The molecule has 0 radical (unpaired) electrons. The smallest absolute Gasteiger partial charge is 0.167 e. The van der Waals surface area contributed by atoms with E-state index < -0.39 is 23.3 Å². The van der Waals surface area contributed by atoms with E-state index in [4.69, 9.17) is 0 Å². The molecule has 0 N–H and O–H groups in total. The average molecular weight is 390 g/mol. The third kappa shape index (κ3) is 3.05. The van der Waals surface area contributed by atoms with Gasteiger partial charge in [-0.05, 0) is 72.6 Å². The van der Waals surface area contributed by atoms with E-state index >= 15 is 4.39 Å². The van der Waals surface area contributed by atoms with Crippen LogP contribution in [0.4, 0.5) is 17.6 Å². The highest BCUT2D eigenvalue weighted by atomic mass is 19.2. The zero-order valence-electron chi connectivity index (χ0n) is 16.5. The molecule has 1 fully saturated rings. The summed E-state index contributed by atoms with van der Waals surface area (Å²) in [6, 6.07) is 3.31. The van der Waals surface area contributed by atoms with Crippen LogP contribution in [-0.2, 0) is 12.8 Å². The Morgan fingerprint density at radius 1 is 0.786 bits per heavy atom. The molecule has 0 saturated heterocycles. The van der Waals surface area contributed by atoms with Crippen LogP contribution in [0.1, 0.15) is 80.5 Å². The van der Waals surface area contributed by atoms with Gasteiger partial charge in [0.25, 0.3) is 0 Å². The van der Waals surface area contributed by atoms with Gasteiger partial charge in [0.15, 0.2) is 23.3 Å². The van der Waals surface area contributed by atoms with Crippen LogP contribution >= 0.6 is 0 Å². The van der Waals surface area contributed by atoms with Crippen LogP contribution in [0.15, 0.2) is 12.1 Å². The average Bonchev–Trinajstić information content (AvgIpc) is 3.07. The Labute approximate surface area is 164 Å². The number of benzene rings is 2. The Morgan fingerprint density at radius 3 is 2.00 bits per heavy atom. The fourth-order valence-corrected chi connectivity index (χ4v) is 5.19. The molecule has 0 nitrogen and oxygen atoms in total. The zero-order chi connectivity index (χ0) is 20.0. The predicted octanol–water partition coefficient (Wildman–Crippen LogP) is 7.45. The first-order valence-electron chi connectivity index (χ1n) is 10.5. The number of halogens is 4. The largest absolute Gasteiger partial charge is 0.203 e. The third-order valence-corrected chi connectivity index (χ3v) is 6.68. The number of aryl methyl sites for hydroxylation is 1. The van der Waals surface area contributed by atoms with Crippen molar-refractivity contribution in [1.29, 1.82) is 0 Å². The van der Waals surface area contributed by atoms with Crippen molar-refractivity contribution in [3.63, 3.8) is 0 Å². The number of hydrogen-bond donors (Lipinski definition) is 0. The van der Waals surface area contributed by atoms with Crippen LogP contribution in [0.25, 0.3) is 11.1 Å². The minimum Gasteiger partial charge on any atom is -0.203 e. The summed E-state index contributed by atoms with van der Waals surface area (Å²) in [6.45, 7) is 3.92. The van der Waals surface area contributed by atoms with E-state index in [0.29, 0.717) is 35.4 Å². The summed E-state index contributed by atoms with van der Waals surface area (Å²) in [7, 11) is 0. The van der Waals surface area contributed by atoms with Gasteiger partial charge in [0.05, 0.1) is 0 Å². The molecule has 0 aliphatic heterocycles. The molecule has 0 atom stereocenters. The van der Waals surface area contributed by atoms with Gasteiger partial charge in [-0.3, -0.25) is 0 Å². The van der Waals surface area contributed by atoms with E-state index in [2.05, 4.69) is 6.92 Å². The molecule has 2 aromatic rings. The van der Waals surface area contributed by atoms with E-state index in [1.807, 2.05) is 0 Å². The number of hydrogen-bond acceptors (Lipinski definition) is 0. The molecule has 2 aromatic carbocycles. The van der Waals surface area contributed by atoms with Crippen LogP contribution in [0, 0.1) is 29.2 Å². The lowest BCUT2D eigenvalue weighted by atomic mass is 9.76. The van der Waals surface area contributed by atoms with Crippen LogP contribution in [-0.4, -0.2) is 0 Å². The summed E-state index contributed by atoms with van der Waals surface area (Å²) in [5.41, 5.74) is 1.63. The van der Waals surface area contributed by atoms with Gasteiger partial charge in [0.1, 0.15) is 0 Å². The normalized spacial score (nSPS) is 20.9. The van der Waals surface area contributed by atoms with E-state index in [1.54, 1.807) is 19.1 Å². The molecule has 0 heterocycles. The predicted molar refractivity (Wildman–Crippen MR) is 104 cm³/mol. The molecule has 28 heavy (non-hydrogen) atoms. The van der Waals surface area contributed by atoms with Crippen molar-refractivity contribution >= 4 is 0 Å². The van der Waals surface area contributed by atoms with Crippen molar-refractivity contribution in [2.75, 3.05) is 0 Å². The maximum atomic E-state index is 15.0. The summed E-state index contributed by atoms with van der Waals surface area (Å²) >= 11 is 0. The molecule has 4 rings (SSSR count). The van der Waals surface area contributed by atoms with Gasteiger partial charge < -0.3 is 0 Å². The molecule has 1 saturated carbocycles. The van der Waals surface area contributed by atoms with Crippen molar-refractivity contribution in [2.24, 2.45) is 5.92 Å². The first-order valence-corrected chi connectivity index (χ1v) is 10.5. The molecule has 2 aliphatic rings. The summed E-state index contributed by atoms with van der Waals surface area (Å²) in [4.78, 5) is 0. The minimum absolute atomic E-state index is 0.00408. The van der Waals surface area contributed by atoms with E-state index in [0.717, 1.165) is 32.1 Å². The minimum atomic E-state index is -1.06.